The van der Waals surface area contributed by atoms with Gasteiger partial charge in [0.1, 0.15) is 12.0 Å². The van der Waals surface area contributed by atoms with Gasteiger partial charge in [-0.1, -0.05) is 0 Å². The summed E-state index contributed by atoms with van der Waals surface area (Å²) in [5, 5.41) is 0. The Kier molecular flexibility index (Phi) is 3.04. The van der Waals surface area contributed by atoms with Crippen LogP contribution in [0.2, 0.25) is 0 Å². The molecular weight excluding hydrogens is 233 g/mol. The molecule has 0 atom stereocenters. The van der Waals surface area contributed by atoms with Gasteiger partial charge in [0, 0.05) is 37.3 Å². The molecule has 0 N–H and O–H groups in total. The standard InChI is InChI=1S/C11H11F3N2O/c12-11(13,14)10-5-9(1-3-15-10)16-6-8(7-16)2-4-17/h1,3-5,8H,2,6-7H2. The summed E-state index contributed by atoms with van der Waals surface area (Å²) in [6, 6.07) is 2.59. The largest absolute Gasteiger partial charge is 0.433 e. The SMILES string of the molecule is O=CCC1CN(c2ccnc(C(F)(F)F)c2)C1. The Hall–Kier alpha value is -1.59. The molecule has 3 nitrogen and oxygen atoms in total. The van der Waals surface area contributed by atoms with Crippen molar-refractivity contribution in [1.29, 1.82) is 0 Å². The predicted molar refractivity (Wildman–Crippen MR) is 55.6 cm³/mol. The zero-order valence-corrected chi connectivity index (χ0v) is 8.94. The van der Waals surface area contributed by atoms with E-state index >= 15 is 0 Å². The van der Waals surface area contributed by atoms with Gasteiger partial charge < -0.3 is 9.69 Å². The van der Waals surface area contributed by atoms with Crippen LogP contribution in [0, 0.1) is 5.92 Å². The molecule has 92 valence electrons. The average molecular weight is 244 g/mol. The number of pyridine rings is 1. The molecule has 1 saturated heterocycles. The van der Waals surface area contributed by atoms with Crippen molar-refractivity contribution >= 4 is 12.0 Å². The van der Waals surface area contributed by atoms with Crippen molar-refractivity contribution in [3.8, 4) is 0 Å². The lowest BCUT2D eigenvalue weighted by Gasteiger charge is -2.40. The monoisotopic (exact) mass is 244 g/mol. The zero-order valence-electron chi connectivity index (χ0n) is 8.94. The molecule has 0 radical (unpaired) electrons. The van der Waals surface area contributed by atoms with Gasteiger partial charge in [-0.15, -0.1) is 0 Å². The molecular formula is C11H11F3N2O. The minimum Gasteiger partial charge on any atom is -0.371 e. The number of anilines is 1. The Balaban J connectivity index is 2.06. The maximum absolute atomic E-state index is 12.4. The van der Waals surface area contributed by atoms with E-state index in [1.54, 1.807) is 6.07 Å². The van der Waals surface area contributed by atoms with Crippen LogP contribution in [-0.2, 0) is 11.0 Å². The van der Waals surface area contributed by atoms with Gasteiger partial charge in [-0.3, -0.25) is 4.98 Å². The van der Waals surface area contributed by atoms with Gasteiger partial charge in [-0.25, -0.2) is 0 Å². The molecule has 6 heteroatoms. The first-order valence-corrected chi connectivity index (χ1v) is 5.22. The molecule has 2 rings (SSSR count). The smallest absolute Gasteiger partial charge is 0.371 e. The molecule has 0 spiro atoms. The number of aromatic nitrogens is 1. The van der Waals surface area contributed by atoms with Crippen molar-refractivity contribution in [2.24, 2.45) is 5.92 Å². The summed E-state index contributed by atoms with van der Waals surface area (Å²) >= 11 is 0. The molecule has 1 aromatic heterocycles. The maximum atomic E-state index is 12.4. The number of alkyl halides is 3. The first kappa shape index (κ1) is 11.9. The maximum Gasteiger partial charge on any atom is 0.433 e. The highest BCUT2D eigenvalue weighted by atomic mass is 19.4. The fraction of sp³-hybridized carbons (Fsp3) is 0.455. The summed E-state index contributed by atoms with van der Waals surface area (Å²) < 4.78 is 37.3. The summed E-state index contributed by atoms with van der Waals surface area (Å²) in [6.07, 6.45) is -1.95. The second-order valence-electron chi connectivity index (χ2n) is 4.07. The lowest BCUT2D eigenvalue weighted by molar-refractivity contribution is -0.141. The Labute approximate surface area is 96.3 Å². The molecule has 1 fully saturated rings. The van der Waals surface area contributed by atoms with E-state index in [-0.39, 0.29) is 5.92 Å². The van der Waals surface area contributed by atoms with Gasteiger partial charge in [0.2, 0.25) is 0 Å². The van der Waals surface area contributed by atoms with E-state index in [2.05, 4.69) is 4.98 Å². The second-order valence-corrected chi connectivity index (χ2v) is 4.07. The minimum atomic E-state index is -4.41. The highest BCUT2D eigenvalue weighted by Crippen LogP contribution is 2.32. The summed E-state index contributed by atoms with van der Waals surface area (Å²) in [5.41, 5.74) is -0.372. The van der Waals surface area contributed by atoms with E-state index in [9.17, 15) is 18.0 Å². The molecule has 1 aliphatic rings. The van der Waals surface area contributed by atoms with Gasteiger partial charge in [-0.2, -0.15) is 13.2 Å². The van der Waals surface area contributed by atoms with Crippen LogP contribution in [0.3, 0.4) is 0 Å². The Morgan fingerprint density at radius 3 is 2.76 bits per heavy atom. The molecule has 0 unspecified atom stereocenters. The summed E-state index contributed by atoms with van der Waals surface area (Å²) in [4.78, 5) is 15.4. The van der Waals surface area contributed by atoms with Crippen LogP contribution in [0.1, 0.15) is 12.1 Å². The normalized spacial score (nSPS) is 16.8. The zero-order chi connectivity index (χ0) is 12.5. The van der Waals surface area contributed by atoms with Crippen molar-refractivity contribution in [3.05, 3.63) is 24.0 Å². The highest BCUT2D eigenvalue weighted by molar-refractivity contribution is 5.54. The first-order valence-electron chi connectivity index (χ1n) is 5.22. The molecule has 0 aliphatic carbocycles. The van der Waals surface area contributed by atoms with E-state index in [0.717, 1.165) is 18.5 Å². The topological polar surface area (TPSA) is 33.2 Å². The van der Waals surface area contributed by atoms with Crippen LogP contribution in [0.5, 0.6) is 0 Å². The number of carbonyl (C=O) groups excluding carboxylic acids is 1. The van der Waals surface area contributed by atoms with Crippen molar-refractivity contribution < 1.29 is 18.0 Å². The van der Waals surface area contributed by atoms with E-state index < -0.39 is 11.9 Å². The first-order chi connectivity index (χ1) is 8.00. The minimum absolute atomic E-state index is 0.259. The molecule has 1 aliphatic heterocycles. The third-order valence-electron chi connectivity index (χ3n) is 2.79. The fourth-order valence-corrected chi connectivity index (χ4v) is 1.84. The fourth-order valence-electron chi connectivity index (χ4n) is 1.84. The van der Waals surface area contributed by atoms with Crippen molar-refractivity contribution in [3.63, 3.8) is 0 Å². The average Bonchev–Trinajstić information content (AvgIpc) is 2.22. The highest BCUT2D eigenvalue weighted by Gasteiger charge is 2.34. The predicted octanol–water partition coefficient (Wildman–Crippen LogP) is 2.13. The van der Waals surface area contributed by atoms with E-state index in [1.807, 2.05) is 4.90 Å². The molecule has 0 amide bonds. The van der Waals surface area contributed by atoms with Gasteiger partial charge in [-0.05, 0) is 12.1 Å². The Bertz CT molecular complexity index is 413. The molecule has 17 heavy (non-hydrogen) atoms. The number of hydrogen-bond acceptors (Lipinski definition) is 3. The Morgan fingerprint density at radius 1 is 1.47 bits per heavy atom. The molecule has 1 aromatic rings. The lowest BCUT2D eigenvalue weighted by atomic mass is 9.96. The number of nitrogens with zero attached hydrogens (tertiary/aromatic N) is 2. The number of rotatable bonds is 3. The summed E-state index contributed by atoms with van der Waals surface area (Å²) in [5.74, 6) is 0.259. The van der Waals surface area contributed by atoms with Gasteiger partial charge in [0.05, 0.1) is 0 Å². The lowest BCUT2D eigenvalue weighted by Crippen LogP contribution is -2.47. The number of hydrogen-bond donors (Lipinski definition) is 0. The third kappa shape index (κ3) is 2.57. The quantitative estimate of drug-likeness (QED) is 0.764. The number of halogens is 3. The van der Waals surface area contributed by atoms with Crippen molar-refractivity contribution in [2.45, 2.75) is 12.6 Å². The summed E-state index contributed by atoms with van der Waals surface area (Å²) in [7, 11) is 0. The van der Waals surface area contributed by atoms with Crippen LogP contribution >= 0.6 is 0 Å². The van der Waals surface area contributed by atoms with Crippen LogP contribution < -0.4 is 4.90 Å². The van der Waals surface area contributed by atoms with Crippen molar-refractivity contribution in [2.75, 3.05) is 18.0 Å². The second kappa shape index (κ2) is 4.35. The third-order valence-corrected chi connectivity index (χ3v) is 2.79. The van der Waals surface area contributed by atoms with E-state index in [4.69, 9.17) is 0 Å². The molecule has 0 saturated carbocycles. The molecule has 2 heterocycles. The Morgan fingerprint density at radius 2 is 2.18 bits per heavy atom. The van der Waals surface area contributed by atoms with Gasteiger partial charge in [0.15, 0.2) is 0 Å². The number of carbonyl (C=O) groups is 1. The van der Waals surface area contributed by atoms with E-state index in [0.29, 0.717) is 25.2 Å². The van der Waals surface area contributed by atoms with E-state index in [1.165, 1.54) is 0 Å². The van der Waals surface area contributed by atoms with Crippen LogP contribution in [0.4, 0.5) is 18.9 Å². The van der Waals surface area contributed by atoms with Gasteiger partial charge >= 0.3 is 6.18 Å². The van der Waals surface area contributed by atoms with Crippen molar-refractivity contribution in [1.82, 2.24) is 4.98 Å². The molecule has 0 aromatic carbocycles. The summed E-state index contributed by atoms with van der Waals surface area (Å²) in [6.45, 7) is 1.25. The van der Waals surface area contributed by atoms with Crippen LogP contribution in [-0.4, -0.2) is 24.4 Å². The van der Waals surface area contributed by atoms with Gasteiger partial charge in [0.25, 0.3) is 0 Å². The number of aldehydes is 1. The molecule has 0 bridgehead atoms. The van der Waals surface area contributed by atoms with Crippen LogP contribution in [0.25, 0.3) is 0 Å². The van der Waals surface area contributed by atoms with Crippen LogP contribution in [0.15, 0.2) is 18.3 Å².